The fraction of sp³-hybridized carbons (Fsp3) is 0.333. The van der Waals surface area contributed by atoms with Gasteiger partial charge < -0.3 is 9.30 Å². The first-order valence-electron chi connectivity index (χ1n) is 8.22. The van der Waals surface area contributed by atoms with Gasteiger partial charge in [-0.1, -0.05) is 0 Å². The van der Waals surface area contributed by atoms with Gasteiger partial charge in [-0.25, -0.2) is 9.78 Å². The number of hydrogen-bond acceptors (Lipinski definition) is 5. The second-order valence-corrected chi connectivity index (χ2v) is 6.06. The van der Waals surface area contributed by atoms with Crippen LogP contribution in [0, 0.1) is 0 Å². The minimum Gasteiger partial charge on any atom is -0.494 e. The average molecular weight is 356 g/mol. The van der Waals surface area contributed by atoms with Crippen molar-refractivity contribution in [3.8, 4) is 5.75 Å². The number of benzene rings is 1. The molecule has 0 unspecified atom stereocenters. The van der Waals surface area contributed by atoms with E-state index in [1.54, 1.807) is 29.8 Å². The van der Waals surface area contributed by atoms with Crippen molar-refractivity contribution in [2.24, 2.45) is 14.1 Å². The van der Waals surface area contributed by atoms with Crippen LogP contribution in [0.1, 0.15) is 29.8 Å². The number of fused-ring (bicyclic) bond motifs is 1. The van der Waals surface area contributed by atoms with Gasteiger partial charge in [0, 0.05) is 25.2 Å². The summed E-state index contributed by atoms with van der Waals surface area (Å²) in [5.41, 5.74) is 1.12. The molecule has 0 bridgehead atoms. The van der Waals surface area contributed by atoms with E-state index in [0.717, 1.165) is 10.1 Å². The molecule has 26 heavy (non-hydrogen) atoms. The summed E-state index contributed by atoms with van der Waals surface area (Å²) in [6.45, 7) is 4.15. The quantitative estimate of drug-likeness (QED) is 0.639. The monoisotopic (exact) mass is 356 g/mol. The second-order valence-electron chi connectivity index (χ2n) is 6.06. The third-order valence-corrected chi connectivity index (χ3v) is 4.32. The van der Waals surface area contributed by atoms with Crippen molar-refractivity contribution in [1.29, 1.82) is 0 Å². The Morgan fingerprint density at radius 2 is 1.92 bits per heavy atom. The molecule has 0 aliphatic rings. The maximum Gasteiger partial charge on any atom is 0.332 e. The van der Waals surface area contributed by atoms with Crippen LogP contribution in [-0.2, 0) is 20.6 Å². The molecule has 0 fully saturated rings. The third-order valence-electron chi connectivity index (χ3n) is 4.32. The molecule has 2 aromatic heterocycles. The molecule has 0 saturated carbocycles. The van der Waals surface area contributed by atoms with Crippen LogP contribution in [0.15, 0.2) is 34.1 Å². The summed E-state index contributed by atoms with van der Waals surface area (Å²) >= 11 is 0. The zero-order chi connectivity index (χ0) is 19.0. The van der Waals surface area contributed by atoms with Gasteiger partial charge in [0.05, 0.1) is 19.5 Å². The number of rotatable bonds is 5. The van der Waals surface area contributed by atoms with Gasteiger partial charge in [-0.05, 0) is 32.0 Å². The molecule has 2 heterocycles. The van der Waals surface area contributed by atoms with Gasteiger partial charge in [0.1, 0.15) is 5.75 Å². The Kier molecular flexibility index (Phi) is 4.50. The number of ether oxygens (including phenoxy) is 1. The van der Waals surface area contributed by atoms with E-state index in [-0.39, 0.29) is 5.78 Å². The average Bonchev–Trinajstić information content (AvgIpc) is 3.03. The number of nitrogens with zero attached hydrogens (tertiary/aromatic N) is 4. The Hall–Kier alpha value is -3.16. The molecular formula is C18H20N4O4. The number of ketones is 1. The van der Waals surface area contributed by atoms with Crippen molar-refractivity contribution in [2.45, 2.75) is 20.4 Å². The number of Topliss-reactive ketones (excluding diaryl/α,β-unsaturated/α-hetero) is 1. The lowest BCUT2D eigenvalue weighted by atomic mass is 10.1. The third kappa shape index (κ3) is 2.83. The van der Waals surface area contributed by atoms with Crippen molar-refractivity contribution < 1.29 is 9.53 Å². The fourth-order valence-corrected chi connectivity index (χ4v) is 2.92. The molecule has 0 amide bonds. The molecule has 8 nitrogen and oxygen atoms in total. The number of aromatic nitrogens is 4. The Bertz CT molecular complexity index is 1120. The van der Waals surface area contributed by atoms with Crippen LogP contribution in [0.3, 0.4) is 0 Å². The first-order valence-corrected chi connectivity index (χ1v) is 8.22. The molecule has 0 spiro atoms. The molecule has 8 heteroatoms. The fourth-order valence-electron chi connectivity index (χ4n) is 2.92. The van der Waals surface area contributed by atoms with Gasteiger partial charge in [-0.15, -0.1) is 0 Å². The van der Waals surface area contributed by atoms with Crippen LogP contribution < -0.4 is 16.0 Å². The topological polar surface area (TPSA) is 88.1 Å². The van der Waals surface area contributed by atoms with Crippen molar-refractivity contribution >= 4 is 16.9 Å². The second kappa shape index (κ2) is 6.62. The van der Waals surface area contributed by atoms with E-state index < -0.39 is 11.2 Å². The maximum atomic E-state index is 12.6. The van der Waals surface area contributed by atoms with Gasteiger partial charge in [0.25, 0.3) is 5.56 Å². The van der Waals surface area contributed by atoms with Gasteiger partial charge in [-0.3, -0.25) is 18.7 Å². The van der Waals surface area contributed by atoms with E-state index in [0.29, 0.717) is 35.6 Å². The molecule has 0 atom stereocenters. The number of carbonyl (C=O) groups excluding carboxylic acids is 1. The first-order chi connectivity index (χ1) is 12.3. The molecule has 0 aliphatic heterocycles. The van der Waals surface area contributed by atoms with Gasteiger partial charge in [-0.2, -0.15) is 0 Å². The molecule has 0 radical (unpaired) electrons. The molecule has 3 aromatic rings. The highest BCUT2D eigenvalue weighted by atomic mass is 16.5. The van der Waals surface area contributed by atoms with E-state index in [9.17, 15) is 14.4 Å². The molecule has 0 aliphatic carbocycles. The van der Waals surface area contributed by atoms with Crippen molar-refractivity contribution in [2.75, 3.05) is 6.61 Å². The number of imidazole rings is 1. The lowest BCUT2D eigenvalue weighted by molar-refractivity contribution is 0.101. The van der Waals surface area contributed by atoms with Gasteiger partial charge >= 0.3 is 5.69 Å². The summed E-state index contributed by atoms with van der Waals surface area (Å²) in [5.74, 6) is 0.587. The minimum atomic E-state index is -0.429. The zero-order valence-electron chi connectivity index (χ0n) is 15.1. The Labute approximate surface area is 149 Å². The predicted octanol–water partition coefficient (Wildman–Crippen LogP) is 1.08. The molecule has 0 saturated heterocycles. The molecule has 3 rings (SSSR count). The predicted molar refractivity (Wildman–Crippen MR) is 96.9 cm³/mol. The van der Waals surface area contributed by atoms with Crippen LogP contribution in [0.2, 0.25) is 0 Å². The van der Waals surface area contributed by atoms with E-state index >= 15 is 0 Å². The van der Waals surface area contributed by atoms with Gasteiger partial charge in [0.2, 0.25) is 0 Å². The Morgan fingerprint density at radius 3 is 2.58 bits per heavy atom. The summed E-state index contributed by atoms with van der Waals surface area (Å²) in [4.78, 5) is 40.5. The number of aryl methyl sites for hydroxylation is 1. The van der Waals surface area contributed by atoms with Crippen molar-refractivity contribution in [3.63, 3.8) is 0 Å². The van der Waals surface area contributed by atoms with E-state index in [4.69, 9.17) is 4.74 Å². The highest BCUT2D eigenvalue weighted by molar-refractivity contribution is 5.94. The number of carbonyl (C=O) groups is 1. The summed E-state index contributed by atoms with van der Waals surface area (Å²) in [5, 5.41) is 0. The maximum absolute atomic E-state index is 12.6. The summed E-state index contributed by atoms with van der Waals surface area (Å²) < 4.78 is 9.70. The highest BCUT2D eigenvalue weighted by Crippen LogP contribution is 2.23. The highest BCUT2D eigenvalue weighted by Gasteiger charge is 2.16. The van der Waals surface area contributed by atoms with Gasteiger partial charge in [0.15, 0.2) is 16.9 Å². The summed E-state index contributed by atoms with van der Waals surface area (Å²) in [7, 11) is 3.01. The Balaban J connectivity index is 2.18. The standard InChI is InChI=1S/C18H20N4O4/c1-5-26-14-7-6-12(11(2)23)8-13(14)9-22-10-19-16-15(22)17(24)21(4)18(25)20(16)3/h6-8,10H,5,9H2,1-4H3. The lowest BCUT2D eigenvalue weighted by Gasteiger charge is -2.13. The largest absolute Gasteiger partial charge is 0.494 e. The van der Waals surface area contributed by atoms with Crippen molar-refractivity contribution in [3.05, 3.63) is 56.5 Å². The lowest BCUT2D eigenvalue weighted by Crippen LogP contribution is -2.37. The molecule has 1 aromatic carbocycles. The first kappa shape index (κ1) is 17.7. The normalized spacial score (nSPS) is 11.1. The van der Waals surface area contributed by atoms with Crippen LogP contribution in [0.5, 0.6) is 5.75 Å². The van der Waals surface area contributed by atoms with Crippen LogP contribution in [-0.4, -0.2) is 31.1 Å². The molecular weight excluding hydrogens is 336 g/mol. The van der Waals surface area contributed by atoms with E-state index in [1.807, 2.05) is 6.92 Å². The van der Waals surface area contributed by atoms with E-state index in [2.05, 4.69) is 4.98 Å². The molecule has 136 valence electrons. The van der Waals surface area contributed by atoms with E-state index in [1.165, 1.54) is 24.9 Å². The van der Waals surface area contributed by atoms with Crippen molar-refractivity contribution in [1.82, 2.24) is 18.7 Å². The zero-order valence-corrected chi connectivity index (χ0v) is 15.1. The number of hydrogen-bond donors (Lipinski definition) is 0. The summed E-state index contributed by atoms with van der Waals surface area (Å²) in [6, 6.07) is 5.22. The van der Waals surface area contributed by atoms with Crippen LogP contribution in [0.4, 0.5) is 0 Å². The summed E-state index contributed by atoms with van der Waals surface area (Å²) in [6.07, 6.45) is 1.52. The van der Waals surface area contributed by atoms with Crippen LogP contribution >= 0.6 is 0 Å². The Morgan fingerprint density at radius 1 is 1.19 bits per heavy atom. The van der Waals surface area contributed by atoms with Crippen LogP contribution in [0.25, 0.3) is 11.2 Å². The SMILES string of the molecule is CCOc1ccc(C(C)=O)cc1Cn1cnc2c1c(=O)n(C)c(=O)n2C. The smallest absolute Gasteiger partial charge is 0.332 e. The molecule has 0 N–H and O–H groups in total. The minimum absolute atomic E-state index is 0.0527.